The van der Waals surface area contributed by atoms with Crippen LogP contribution >= 0.6 is 0 Å². The summed E-state index contributed by atoms with van der Waals surface area (Å²) in [5.74, 6) is 0.803. The first-order chi connectivity index (χ1) is 8.75. The van der Waals surface area contributed by atoms with E-state index >= 15 is 0 Å². The largest absolute Gasteiger partial charge is 0.310 e. The highest BCUT2D eigenvalue weighted by molar-refractivity contribution is 5.26. The molecule has 100 valence electrons. The summed E-state index contributed by atoms with van der Waals surface area (Å²) in [7, 11) is 0. The molecule has 3 rings (SSSR count). The summed E-state index contributed by atoms with van der Waals surface area (Å²) < 4.78 is 2.38. The second kappa shape index (κ2) is 5.04. The summed E-state index contributed by atoms with van der Waals surface area (Å²) in [6.07, 6.45) is 10.3. The van der Waals surface area contributed by atoms with Gasteiger partial charge in [-0.25, -0.2) is 0 Å². The number of nitrogens with one attached hydrogen (secondary N) is 1. The molecule has 3 heteroatoms. The van der Waals surface area contributed by atoms with Gasteiger partial charge in [0.25, 0.3) is 0 Å². The van der Waals surface area contributed by atoms with Gasteiger partial charge in [-0.15, -0.1) is 0 Å². The molecular formula is C15H25N3. The summed E-state index contributed by atoms with van der Waals surface area (Å²) in [6.45, 7) is 5.40. The Balaban J connectivity index is 1.80. The van der Waals surface area contributed by atoms with Crippen LogP contribution < -0.4 is 5.32 Å². The van der Waals surface area contributed by atoms with E-state index in [4.69, 9.17) is 5.10 Å². The van der Waals surface area contributed by atoms with Crippen LogP contribution in [-0.2, 0) is 6.54 Å². The highest BCUT2D eigenvalue weighted by Crippen LogP contribution is 2.44. The van der Waals surface area contributed by atoms with Crippen molar-refractivity contribution in [2.45, 2.75) is 76.9 Å². The fourth-order valence-electron chi connectivity index (χ4n) is 3.10. The number of aromatic nitrogens is 2. The van der Waals surface area contributed by atoms with Crippen LogP contribution in [0.25, 0.3) is 0 Å². The van der Waals surface area contributed by atoms with Gasteiger partial charge in [-0.05, 0) is 25.7 Å². The average Bonchev–Trinajstić information content (AvgIpc) is 2.90. The maximum absolute atomic E-state index is 4.71. The Kier molecular flexibility index (Phi) is 3.42. The van der Waals surface area contributed by atoms with Crippen LogP contribution in [0.2, 0.25) is 0 Å². The third kappa shape index (κ3) is 2.46. The Morgan fingerprint density at radius 3 is 2.61 bits per heavy atom. The van der Waals surface area contributed by atoms with Gasteiger partial charge in [-0.1, -0.05) is 26.7 Å². The topological polar surface area (TPSA) is 29.9 Å². The van der Waals surface area contributed by atoms with Crippen molar-refractivity contribution in [3.63, 3.8) is 0 Å². The van der Waals surface area contributed by atoms with Crippen molar-refractivity contribution in [2.75, 3.05) is 0 Å². The summed E-state index contributed by atoms with van der Waals surface area (Å²) in [5, 5.41) is 8.25. The third-order valence-corrected chi connectivity index (χ3v) is 4.25. The summed E-state index contributed by atoms with van der Waals surface area (Å²) >= 11 is 0. The van der Waals surface area contributed by atoms with E-state index in [0.29, 0.717) is 12.1 Å². The standard InChI is InChI=1S/C15H25N3/c1-11(2)16-9-13-10-17-18(14-5-3-4-6-14)15(13)12-7-8-12/h10-12,14,16H,3-9H2,1-2H3. The van der Waals surface area contributed by atoms with Gasteiger partial charge in [-0.3, -0.25) is 4.68 Å². The minimum absolute atomic E-state index is 0.548. The Hall–Kier alpha value is -0.830. The average molecular weight is 247 g/mol. The lowest BCUT2D eigenvalue weighted by Crippen LogP contribution is -2.22. The van der Waals surface area contributed by atoms with E-state index in [-0.39, 0.29) is 0 Å². The fraction of sp³-hybridized carbons (Fsp3) is 0.800. The minimum atomic E-state index is 0.548. The fourth-order valence-corrected chi connectivity index (χ4v) is 3.10. The molecule has 0 atom stereocenters. The van der Waals surface area contributed by atoms with Crippen LogP contribution in [0.15, 0.2) is 6.20 Å². The van der Waals surface area contributed by atoms with E-state index in [2.05, 4.69) is 30.0 Å². The molecule has 2 aliphatic rings. The molecule has 3 nitrogen and oxygen atoms in total. The highest BCUT2D eigenvalue weighted by Gasteiger charge is 2.32. The van der Waals surface area contributed by atoms with Crippen molar-refractivity contribution in [2.24, 2.45) is 0 Å². The number of hydrogen-bond acceptors (Lipinski definition) is 2. The number of hydrogen-bond donors (Lipinski definition) is 1. The quantitative estimate of drug-likeness (QED) is 0.864. The molecule has 0 amide bonds. The first-order valence-corrected chi connectivity index (χ1v) is 7.55. The van der Waals surface area contributed by atoms with Crippen molar-refractivity contribution in [1.82, 2.24) is 15.1 Å². The molecule has 0 unspecified atom stereocenters. The highest BCUT2D eigenvalue weighted by atomic mass is 15.3. The third-order valence-electron chi connectivity index (χ3n) is 4.25. The molecule has 1 heterocycles. The van der Waals surface area contributed by atoms with Gasteiger partial charge in [0.2, 0.25) is 0 Å². The lowest BCUT2D eigenvalue weighted by Gasteiger charge is -2.15. The molecule has 1 N–H and O–H groups in total. The Bertz CT molecular complexity index is 398. The second-order valence-corrected chi connectivity index (χ2v) is 6.25. The smallest absolute Gasteiger partial charge is 0.0537 e. The molecule has 1 aromatic rings. The van der Waals surface area contributed by atoms with Crippen molar-refractivity contribution >= 4 is 0 Å². The monoisotopic (exact) mass is 247 g/mol. The van der Waals surface area contributed by atoms with Gasteiger partial charge in [-0.2, -0.15) is 5.10 Å². The van der Waals surface area contributed by atoms with Crippen molar-refractivity contribution in [3.8, 4) is 0 Å². The molecule has 0 aromatic carbocycles. The molecule has 2 saturated carbocycles. The molecule has 0 aliphatic heterocycles. The van der Waals surface area contributed by atoms with Crippen LogP contribution in [0.3, 0.4) is 0 Å². The van der Waals surface area contributed by atoms with Gasteiger partial charge in [0.1, 0.15) is 0 Å². The van der Waals surface area contributed by atoms with Gasteiger partial charge in [0, 0.05) is 29.8 Å². The van der Waals surface area contributed by atoms with Crippen LogP contribution in [0.1, 0.15) is 75.6 Å². The summed E-state index contributed by atoms with van der Waals surface area (Å²) in [4.78, 5) is 0. The molecule has 0 spiro atoms. The molecule has 2 aliphatic carbocycles. The molecule has 0 bridgehead atoms. The maximum Gasteiger partial charge on any atom is 0.0537 e. The predicted molar refractivity (Wildman–Crippen MR) is 73.7 cm³/mol. The van der Waals surface area contributed by atoms with Gasteiger partial charge in [0.15, 0.2) is 0 Å². The van der Waals surface area contributed by atoms with Crippen molar-refractivity contribution in [1.29, 1.82) is 0 Å². The zero-order chi connectivity index (χ0) is 12.5. The zero-order valence-electron chi connectivity index (χ0n) is 11.7. The Labute approximate surface area is 110 Å². The molecule has 2 fully saturated rings. The van der Waals surface area contributed by atoms with E-state index in [1.165, 1.54) is 44.1 Å². The van der Waals surface area contributed by atoms with E-state index in [1.54, 1.807) is 5.69 Å². The summed E-state index contributed by atoms with van der Waals surface area (Å²) in [6, 6.07) is 1.24. The Morgan fingerprint density at radius 2 is 2.00 bits per heavy atom. The van der Waals surface area contributed by atoms with Crippen molar-refractivity contribution < 1.29 is 0 Å². The van der Waals surface area contributed by atoms with Crippen molar-refractivity contribution in [3.05, 3.63) is 17.5 Å². The van der Waals surface area contributed by atoms with Crippen LogP contribution in [-0.4, -0.2) is 15.8 Å². The first-order valence-electron chi connectivity index (χ1n) is 7.55. The van der Waals surface area contributed by atoms with Crippen LogP contribution in [0.4, 0.5) is 0 Å². The number of rotatable bonds is 5. The maximum atomic E-state index is 4.71. The van der Waals surface area contributed by atoms with E-state index in [0.717, 1.165) is 12.5 Å². The molecule has 1 aromatic heterocycles. The normalized spacial score (nSPS) is 21.1. The van der Waals surface area contributed by atoms with Crippen LogP contribution in [0.5, 0.6) is 0 Å². The van der Waals surface area contributed by atoms with Crippen LogP contribution in [0, 0.1) is 0 Å². The van der Waals surface area contributed by atoms with E-state index in [1.807, 2.05) is 0 Å². The van der Waals surface area contributed by atoms with Gasteiger partial charge in [0.05, 0.1) is 12.2 Å². The molecule has 18 heavy (non-hydrogen) atoms. The SMILES string of the molecule is CC(C)NCc1cnn(C2CCCC2)c1C1CC1. The van der Waals surface area contributed by atoms with E-state index in [9.17, 15) is 0 Å². The van der Waals surface area contributed by atoms with Gasteiger partial charge >= 0.3 is 0 Å². The zero-order valence-corrected chi connectivity index (χ0v) is 11.7. The van der Waals surface area contributed by atoms with E-state index < -0.39 is 0 Å². The molecule has 0 radical (unpaired) electrons. The molecule has 0 saturated heterocycles. The lowest BCUT2D eigenvalue weighted by molar-refractivity contribution is 0.448. The predicted octanol–water partition coefficient (Wildman–Crippen LogP) is 3.37. The Morgan fingerprint density at radius 1 is 1.28 bits per heavy atom. The second-order valence-electron chi connectivity index (χ2n) is 6.25. The van der Waals surface area contributed by atoms with Gasteiger partial charge < -0.3 is 5.32 Å². The lowest BCUT2D eigenvalue weighted by atomic mass is 10.1. The summed E-state index contributed by atoms with van der Waals surface area (Å²) in [5.41, 5.74) is 2.99. The first kappa shape index (κ1) is 12.2. The molecular weight excluding hydrogens is 222 g/mol. The minimum Gasteiger partial charge on any atom is -0.310 e. The number of nitrogens with zero attached hydrogens (tertiary/aromatic N) is 2.